The van der Waals surface area contributed by atoms with Crippen LogP contribution in [0.1, 0.15) is 0 Å². The molecule has 0 aliphatic rings. The first-order valence-corrected chi connectivity index (χ1v) is 6.41. The van der Waals surface area contributed by atoms with Gasteiger partial charge in [0.15, 0.2) is 0 Å². The van der Waals surface area contributed by atoms with Crippen LogP contribution in [0.25, 0.3) is 21.5 Å². The molecule has 4 nitrogen and oxygen atoms in total. The zero-order valence-corrected chi connectivity index (χ0v) is 10.6. The lowest BCUT2D eigenvalue weighted by Crippen LogP contribution is -1.87. The van der Waals surface area contributed by atoms with Crippen molar-refractivity contribution in [3.63, 3.8) is 0 Å². The fourth-order valence-corrected chi connectivity index (χ4v) is 2.82. The lowest BCUT2D eigenvalue weighted by molar-refractivity contribution is -0.384. The molecule has 1 N–H and O–H groups in total. The average molecular weight is 279 g/mol. The van der Waals surface area contributed by atoms with Gasteiger partial charge in [0.2, 0.25) is 0 Å². The Balaban J connectivity index is 2.23. The number of nitro groups is 1. The third kappa shape index (κ3) is 1.77. The van der Waals surface area contributed by atoms with Crippen LogP contribution < -0.4 is 0 Å². The van der Waals surface area contributed by atoms with E-state index in [1.165, 1.54) is 12.1 Å². The predicted molar refractivity (Wildman–Crippen MR) is 73.3 cm³/mol. The van der Waals surface area contributed by atoms with Crippen molar-refractivity contribution < 1.29 is 4.92 Å². The molecule has 0 bridgehead atoms. The van der Waals surface area contributed by atoms with E-state index in [2.05, 4.69) is 4.98 Å². The summed E-state index contributed by atoms with van der Waals surface area (Å²) >= 11 is 7.65. The topological polar surface area (TPSA) is 58.9 Å². The molecule has 0 amide bonds. The molecule has 2 aromatic heterocycles. The summed E-state index contributed by atoms with van der Waals surface area (Å²) in [5.74, 6) is 0. The molecule has 90 valence electrons. The van der Waals surface area contributed by atoms with Crippen molar-refractivity contribution in [2.75, 3.05) is 0 Å². The van der Waals surface area contributed by atoms with Crippen LogP contribution >= 0.6 is 22.9 Å². The molecule has 3 aromatic rings. The summed E-state index contributed by atoms with van der Waals surface area (Å²) < 4.78 is 0. The van der Waals surface area contributed by atoms with Gasteiger partial charge >= 0.3 is 0 Å². The van der Waals surface area contributed by atoms with Crippen LogP contribution in [0.2, 0.25) is 5.02 Å². The number of hydrogen-bond donors (Lipinski definition) is 1. The molecule has 2 heterocycles. The van der Waals surface area contributed by atoms with E-state index in [4.69, 9.17) is 11.6 Å². The number of thiophene rings is 1. The monoisotopic (exact) mass is 278 g/mol. The summed E-state index contributed by atoms with van der Waals surface area (Å²) in [6, 6.07) is 8.70. The smallest absolute Gasteiger partial charge is 0.271 e. The zero-order valence-electron chi connectivity index (χ0n) is 9.01. The van der Waals surface area contributed by atoms with Crippen molar-refractivity contribution in [1.29, 1.82) is 0 Å². The molecule has 0 atom stereocenters. The van der Waals surface area contributed by atoms with Crippen molar-refractivity contribution in [1.82, 2.24) is 4.98 Å². The molecule has 0 saturated heterocycles. The Hall–Kier alpha value is -1.85. The Morgan fingerprint density at radius 2 is 2.17 bits per heavy atom. The maximum atomic E-state index is 10.8. The van der Waals surface area contributed by atoms with Gasteiger partial charge < -0.3 is 4.98 Å². The highest BCUT2D eigenvalue weighted by atomic mass is 35.5. The van der Waals surface area contributed by atoms with E-state index in [9.17, 15) is 10.1 Å². The minimum atomic E-state index is -0.441. The predicted octanol–water partition coefficient (Wildman–Crippen LogP) is 4.46. The fourth-order valence-electron chi connectivity index (χ4n) is 1.85. The number of non-ortho nitro benzene ring substituents is 1. The second-order valence-electron chi connectivity index (χ2n) is 3.81. The molecule has 18 heavy (non-hydrogen) atoms. The fraction of sp³-hybridized carbons (Fsp3) is 0. The number of aromatic nitrogens is 1. The normalized spacial score (nSPS) is 10.9. The summed E-state index contributed by atoms with van der Waals surface area (Å²) in [7, 11) is 0. The Morgan fingerprint density at radius 1 is 1.33 bits per heavy atom. The van der Waals surface area contributed by atoms with Gasteiger partial charge in [0.05, 0.1) is 26.0 Å². The minimum Gasteiger partial charge on any atom is -0.353 e. The molecule has 0 saturated carbocycles. The number of H-pyrrole nitrogens is 1. The second-order valence-corrected chi connectivity index (χ2v) is 5.16. The maximum Gasteiger partial charge on any atom is 0.271 e. The number of nitro benzene ring substituents is 1. The van der Waals surface area contributed by atoms with Gasteiger partial charge in [-0.15, -0.1) is 11.3 Å². The van der Waals surface area contributed by atoms with E-state index in [1.807, 2.05) is 23.6 Å². The van der Waals surface area contributed by atoms with Crippen LogP contribution in [0.5, 0.6) is 0 Å². The molecular formula is C12H7ClN2O2S. The van der Waals surface area contributed by atoms with Crippen molar-refractivity contribution in [3.05, 3.63) is 50.8 Å². The highest BCUT2D eigenvalue weighted by molar-refractivity contribution is 7.13. The summed E-state index contributed by atoms with van der Waals surface area (Å²) in [4.78, 5) is 14.6. The maximum absolute atomic E-state index is 10.8. The number of nitrogens with one attached hydrogen (secondary N) is 1. The summed E-state index contributed by atoms with van der Waals surface area (Å²) in [6.07, 6.45) is 0. The molecule has 3 rings (SSSR count). The molecule has 0 fully saturated rings. The Kier molecular flexibility index (Phi) is 2.57. The van der Waals surface area contributed by atoms with Crippen LogP contribution in [-0.2, 0) is 0 Å². The van der Waals surface area contributed by atoms with Gasteiger partial charge in [0.1, 0.15) is 0 Å². The van der Waals surface area contributed by atoms with Crippen molar-refractivity contribution in [2.45, 2.75) is 0 Å². The zero-order chi connectivity index (χ0) is 12.7. The van der Waals surface area contributed by atoms with Gasteiger partial charge in [-0.2, -0.15) is 0 Å². The summed E-state index contributed by atoms with van der Waals surface area (Å²) in [5.41, 5.74) is 1.65. The van der Waals surface area contributed by atoms with E-state index in [0.29, 0.717) is 5.02 Å². The first-order valence-electron chi connectivity index (χ1n) is 5.15. The third-order valence-corrected chi connectivity index (χ3v) is 3.86. The summed E-state index contributed by atoms with van der Waals surface area (Å²) in [6.45, 7) is 0. The van der Waals surface area contributed by atoms with Gasteiger partial charge in [-0.1, -0.05) is 17.7 Å². The van der Waals surface area contributed by atoms with Crippen LogP contribution in [0.3, 0.4) is 0 Å². The standard InChI is InChI=1S/C12H7ClN2O2S/c13-9-6-8(15(16)17)4-7-5-10(14-12(7)9)11-2-1-3-18-11/h1-6,14H. The van der Waals surface area contributed by atoms with Crippen LogP contribution in [-0.4, -0.2) is 9.91 Å². The average Bonchev–Trinajstić information content (AvgIpc) is 2.96. The van der Waals surface area contributed by atoms with Gasteiger partial charge in [0.25, 0.3) is 5.69 Å². The number of aromatic amines is 1. The van der Waals surface area contributed by atoms with E-state index in [-0.39, 0.29) is 5.69 Å². The molecule has 0 aliphatic carbocycles. The van der Waals surface area contributed by atoms with Gasteiger partial charge in [0, 0.05) is 17.5 Å². The lowest BCUT2D eigenvalue weighted by atomic mass is 10.2. The largest absolute Gasteiger partial charge is 0.353 e. The first-order chi connectivity index (χ1) is 8.65. The van der Waals surface area contributed by atoms with Gasteiger partial charge in [-0.3, -0.25) is 10.1 Å². The van der Waals surface area contributed by atoms with E-state index in [0.717, 1.165) is 21.5 Å². The highest BCUT2D eigenvalue weighted by Gasteiger charge is 2.13. The third-order valence-electron chi connectivity index (χ3n) is 2.66. The number of rotatable bonds is 2. The summed E-state index contributed by atoms with van der Waals surface area (Å²) in [5, 5.41) is 13.9. The Bertz CT molecular complexity index is 734. The van der Waals surface area contributed by atoms with E-state index in [1.54, 1.807) is 11.3 Å². The van der Waals surface area contributed by atoms with Gasteiger partial charge in [-0.25, -0.2) is 0 Å². The van der Waals surface area contributed by atoms with Gasteiger partial charge in [-0.05, 0) is 17.5 Å². The Morgan fingerprint density at radius 3 is 2.83 bits per heavy atom. The van der Waals surface area contributed by atoms with Crippen LogP contribution in [0.4, 0.5) is 5.69 Å². The number of nitrogens with zero attached hydrogens (tertiary/aromatic N) is 1. The first kappa shape index (κ1) is 11.3. The quantitative estimate of drug-likeness (QED) is 0.556. The Labute approximate surface area is 111 Å². The van der Waals surface area contributed by atoms with E-state index < -0.39 is 4.92 Å². The van der Waals surface area contributed by atoms with Crippen molar-refractivity contribution in [3.8, 4) is 10.6 Å². The lowest BCUT2D eigenvalue weighted by Gasteiger charge is -1.95. The highest BCUT2D eigenvalue weighted by Crippen LogP contribution is 2.33. The molecule has 1 aromatic carbocycles. The van der Waals surface area contributed by atoms with Crippen molar-refractivity contribution in [2.24, 2.45) is 0 Å². The minimum absolute atomic E-state index is 0.00392. The SMILES string of the molecule is O=[N+]([O-])c1cc(Cl)c2[nH]c(-c3cccs3)cc2c1. The molecule has 0 unspecified atom stereocenters. The molecule has 0 radical (unpaired) electrons. The number of halogens is 1. The number of fused-ring (bicyclic) bond motifs is 1. The van der Waals surface area contributed by atoms with E-state index >= 15 is 0 Å². The van der Waals surface area contributed by atoms with Crippen molar-refractivity contribution >= 4 is 39.5 Å². The number of benzene rings is 1. The molecular weight excluding hydrogens is 272 g/mol. The second kappa shape index (κ2) is 4.12. The molecule has 0 spiro atoms. The molecule has 6 heteroatoms. The van der Waals surface area contributed by atoms with Crippen LogP contribution in [0, 0.1) is 10.1 Å². The number of hydrogen-bond acceptors (Lipinski definition) is 3. The van der Waals surface area contributed by atoms with Crippen LogP contribution in [0.15, 0.2) is 35.7 Å². The molecule has 0 aliphatic heterocycles.